The number of hydrogen-bond acceptors (Lipinski definition) is 3. The van der Waals surface area contributed by atoms with Gasteiger partial charge in [-0.25, -0.2) is 0 Å². The van der Waals surface area contributed by atoms with E-state index in [1.165, 1.54) is 0 Å². The Kier molecular flexibility index (Phi) is 4.72. The lowest BCUT2D eigenvalue weighted by atomic mass is 9.97. The van der Waals surface area contributed by atoms with Crippen LogP contribution in [-0.2, 0) is 4.74 Å². The van der Waals surface area contributed by atoms with Gasteiger partial charge < -0.3 is 14.8 Å². The lowest BCUT2D eigenvalue weighted by molar-refractivity contribution is -0.0847. The van der Waals surface area contributed by atoms with E-state index >= 15 is 0 Å². The van der Waals surface area contributed by atoms with E-state index < -0.39 is 0 Å². The van der Waals surface area contributed by atoms with Crippen molar-refractivity contribution in [3.05, 3.63) is 28.2 Å². The molecule has 0 amide bonds. The first-order valence-corrected chi connectivity index (χ1v) is 8.27. The number of nitrogens with one attached hydrogen (secondary N) is 1. The second-order valence-corrected chi connectivity index (χ2v) is 7.88. The molecule has 1 saturated heterocycles. The van der Waals surface area contributed by atoms with E-state index in [1.54, 1.807) is 0 Å². The normalized spacial score (nSPS) is 24.8. The fraction of sp³-hybridized carbons (Fsp3) is 0.647. The Labute approximate surface area is 136 Å². The van der Waals surface area contributed by atoms with Crippen LogP contribution in [0.2, 0.25) is 0 Å². The third-order valence-corrected chi connectivity index (χ3v) is 4.63. The quantitative estimate of drug-likeness (QED) is 0.864. The summed E-state index contributed by atoms with van der Waals surface area (Å²) in [6.45, 7) is 10.6. The number of halogens is 1. The molecule has 1 fully saturated rings. The minimum Gasteiger partial charge on any atom is -0.487 e. The largest absolute Gasteiger partial charge is 0.487 e. The number of ether oxygens (including phenoxy) is 2. The topological polar surface area (TPSA) is 30.5 Å². The molecule has 0 radical (unpaired) electrons. The van der Waals surface area contributed by atoms with E-state index in [1.807, 2.05) is 19.2 Å². The minimum absolute atomic E-state index is 0.0523. The summed E-state index contributed by atoms with van der Waals surface area (Å²) in [4.78, 5) is 0. The first kappa shape index (κ1) is 16.8. The zero-order valence-corrected chi connectivity index (χ0v) is 15.4. The maximum absolute atomic E-state index is 6.35. The molecule has 0 spiro atoms. The van der Waals surface area contributed by atoms with Crippen LogP contribution in [0.3, 0.4) is 0 Å². The molecule has 0 aliphatic carbocycles. The van der Waals surface area contributed by atoms with Crippen molar-refractivity contribution in [3.63, 3.8) is 0 Å². The summed E-state index contributed by atoms with van der Waals surface area (Å²) >= 11 is 3.54. The Morgan fingerprint density at radius 1 is 1.33 bits per heavy atom. The van der Waals surface area contributed by atoms with Gasteiger partial charge in [-0.05, 0) is 59.9 Å². The van der Waals surface area contributed by atoms with Crippen LogP contribution in [0, 0.1) is 0 Å². The monoisotopic (exact) mass is 355 g/mol. The Morgan fingerprint density at radius 3 is 2.52 bits per heavy atom. The predicted octanol–water partition coefficient (Wildman–Crippen LogP) is 4.45. The molecule has 118 valence electrons. The van der Waals surface area contributed by atoms with Gasteiger partial charge in [-0.2, -0.15) is 0 Å². The van der Waals surface area contributed by atoms with Crippen molar-refractivity contribution in [2.75, 3.05) is 7.05 Å². The molecule has 0 saturated carbocycles. The van der Waals surface area contributed by atoms with Gasteiger partial charge in [-0.3, -0.25) is 0 Å². The maximum Gasteiger partial charge on any atom is 0.130 e. The molecule has 3 nitrogen and oxygen atoms in total. The molecule has 0 aromatic heterocycles. The molecule has 1 aromatic rings. The van der Waals surface area contributed by atoms with Crippen molar-refractivity contribution in [2.45, 2.75) is 64.4 Å². The van der Waals surface area contributed by atoms with Crippen LogP contribution < -0.4 is 10.1 Å². The van der Waals surface area contributed by atoms with Crippen molar-refractivity contribution in [1.29, 1.82) is 0 Å². The van der Waals surface area contributed by atoms with Crippen LogP contribution in [0.25, 0.3) is 0 Å². The van der Waals surface area contributed by atoms with E-state index in [4.69, 9.17) is 9.47 Å². The van der Waals surface area contributed by atoms with Crippen LogP contribution in [0.1, 0.15) is 52.6 Å². The van der Waals surface area contributed by atoms with Crippen molar-refractivity contribution in [3.8, 4) is 5.75 Å². The predicted molar refractivity (Wildman–Crippen MR) is 89.9 cm³/mol. The van der Waals surface area contributed by atoms with Gasteiger partial charge in [0, 0.05) is 22.5 Å². The molecule has 1 aliphatic rings. The third-order valence-electron chi connectivity index (χ3n) is 4.13. The van der Waals surface area contributed by atoms with Crippen LogP contribution in [0.5, 0.6) is 5.75 Å². The van der Waals surface area contributed by atoms with Crippen LogP contribution >= 0.6 is 15.9 Å². The summed E-state index contributed by atoms with van der Waals surface area (Å²) in [6, 6.07) is 6.41. The highest BCUT2D eigenvalue weighted by atomic mass is 79.9. The molecule has 2 rings (SSSR count). The maximum atomic E-state index is 6.35. The minimum atomic E-state index is -0.281. The summed E-state index contributed by atoms with van der Waals surface area (Å²) in [5.74, 6) is 0.930. The average Bonchev–Trinajstić information content (AvgIpc) is 2.58. The second-order valence-electron chi connectivity index (χ2n) is 6.97. The molecule has 1 aliphatic heterocycles. The van der Waals surface area contributed by atoms with Crippen molar-refractivity contribution >= 4 is 15.9 Å². The highest BCUT2D eigenvalue weighted by Crippen LogP contribution is 2.41. The summed E-state index contributed by atoms with van der Waals surface area (Å²) < 4.78 is 13.5. The first-order valence-electron chi connectivity index (χ1n) is 7.48. The lowest BCUT2D eigenvalue weighted by Crippen LogP contribution is -2.37. The second kappa shape index (κ2) is 5.90. The summed E-state index contributed by atoms with van der Waals surface area (Å²) in [5, 5.41) is 3.28. The molecule has 1 aromatic carbocycles. The van der Waals surface area contributed by atoms with E-state index in [9.17, 15) is 0 Å². The van der Waals surface area contributed by atoms with E-state index in [0.717, 1.165) is 22.2 Å². The van der Waals surface area contributed by atoms with Gasteiger partial charge in [0.15, 0.2) is 0 Å². The third kappa shape index (κ3) is 3.79. The Balaban J connectivity index is 2.28. The van der Waals surface area contributed by atoms with Gasteiger partial charge >= 0.3 is 0 Å². The Bertz CT molecular complexity index is 514. The molecule has 0 bridgehead atoms. The Morgan fingerprint density at radius 2 is 2.00 bits per heavy atom. The van der Waals surface area contributed by atoms with Gasteiger partial charge in [0.25, 0.3) is 0 Å². The van der Waals surface area contributed by atoms with Gasteiger partial charge in [0.05, 0.1) is 5.60 Å². The standard InChI is InChI=1S/C17H26BrNO2/c1-11(19-6)13-9-12(18)7-8-14(13)20-15-10-16(2,3)21-17(15,4)5/h7-9,11,15,19H,10H2,1-6H3. The fourth-order valence-corrected chi connectivity index (χ4v) is 3.35. The van der Waals surface area contributed by atoms with Crippen molar-refractivity contribution < 1.29 is 9.47 Å². The number of hydrogen-bond donors (Lipinski definition) is 1. The summed E-state index contributed by atoms with van der Waals surface area (Å²) in [6.07, 6.45) is 0.945. The van der Waals surface area contributed by atoms with Crippen LogP contribution in [0.15, 0.2) is 22.7 Å². The van der Waals surface area contributed by atoms with E-state index in [0.29, 0.717) is 0 Å². The Hall–Kier alpha value is -0.580. The smallest absolute Gasteiger partial charge is 0.130 e. The highest BCUT2D eigenvalue weighted by Gasteiger charge is 2.47. The first-order chi connectivity index (χ1) is 9.64. The van der Waals surface area contributed by atoms with Crippen molar-refractivity contribution in [1.82, 2.24) is 5.32 Å². The van der Waals surface area contributed by atoms with Gasteiger partial charge in [-0.15, -0.1) is 0 Å². The van der Waals surface area contributed by atoms with Gasteiger partial charge in [0.2, 0.25) is 0 Å². The van der Waals surface area contributed by atoms with Gasteiger partial charge in [0.1, 0.15) is 17.5 Å². The molecular weight excluding hydrogens is 330 g/mol. The molecule has 2 unspecified atom stereocenters. The highest BCUT2D eigenvalue weighted by molar-refractivity contribution is 9.10. The molecular formula is C17H26BrNO2. The lowest BCUT2D eigenvalue weighted by Gasteiger charge is -2.28. The van der Waals surface area contributed by atoms with E-state index in [2.05, 4.69) is 61.9 Å². The van der Waals surface area contributed by atoms with Crippen LogP contribution in [0.4, 0.5) is 0 Å². The van der Waals surface area contributed by atoms with Crippen molar-refractivity contribution in [2.24, 2.45) is 0 Å². The van der Waals surface area contributed by atoms with Gasteiger partial charge in [-0.1, -0.05) is 15.9 Å². The average molecular weight is 356 g/mol. The van der Waals surface area contributed by atoms with E-state index in [-0.39, 0.29) is 23.3 Å². The molecule has 21 heavy (non-hydrogen) atoms. The fourth-order valence-electron chi connectivity index (χ4n) is 2.97. The number of benzene rings is 1. The zero-order valence-electron chi connectivity index (χ0n) is 13.8. The SMILES string of the molecule is CNC(C)c1cc(Br)ccc1OC1CC(C)(C)OC1(C)C. The molecule has 4 heteroatoms. The summed E-state index contributed by atoms with van der Waals surface area (Å²) in [7, 11) is 1.96. The number of rotatable bonds is 4. The molecule has 1 heterocycles. The molecule has 2 atom stereocenters. The molecule has 1 N–H and O–H groups in total. The zero-order chi connectivity index (χ0) is 15.8. The van der Waals surface area contributed by atoms with Crippen LogP contribution in [-0.4, -0.2) is 24.4 Å². The summed E-state index contributed by atoms with van der Waals surface area (Å²) in [5.41, 5.74) is 0.738.